The molecule has 0 saturated carbocycles. The van der Waals surface area contributed by atoms with E-state index in [0.29, 0.717) is 12.6 Å². The minimum atomic E-state index is 0.0731. The first-order valence-electron chi connectivity index (χ1n) is 6.25. The second-order valence-corrected chi connectivity index (χ2v) is 4.57. The highest BCUT2D eigenvalue weighted by atomic mass is 16.5. The van der Waals surface area contributed by atoms with Crippen LogP contribution in [0.4, 0.5) is 0 Å². The lowest BCUT2D eigenvalue weighted by atomic mass is 10.2. The molecule has 1 saturated heterocycles. The quantitative estimate of drug-likeness (QED) is 0.773. The molecule has 17 heavy (non-hydrogen) atoms. The summed E-state index contributed by atoms with van der Waals surface area (Å²) in [5.41, 5.74) is 1.09. The van der Waals surface area contributed by atoms with Crippen LogP contribution < -0.4 is 10.9 Å². The van der Waals surface area contributed by atoms with Crippen LogP contribution in [0.5, 0.6) is 0 Å². The Morgan fingerprint density at radius 3 is 3.18 bits per heavy atom. The van der Waals surface area contributed by atoms with Crippen LogP contribution in [-0.4, -0.2) is 30.4 Å². The molecule has 4 nitrogen and oxygen atoms in total. The second kappa shape index (κ2) is 5.98. The molecule has 1 unspecified atom stereocenters. The Kier molecular flexibility index (Phi) is 4.34. The van der Waals surface area contributed by atoms with Crippen molar-refractivity contribution in [1.82, 2.24) is 9.88 Å². The zero-order valence-electron chi connectivity index (χ0n) is 10.3. The summed E-state index contributed by atoms with van der Waals surface area (Å²) in [6.07, 6.45) is 4.54. The fraction of sp³-hybridized carbons (Fsp3) is 0.615. The van der Waals surface area contributed by atoms with Gasteiger partial charge in [0.1, 0.15) is 0 Å². The van der Waals surface area contributed by atoms with Crippen LogP contribution in [0, 0.1) is 6.92 Å². The van der Waals surface area contributed by atoms with Gasteiger partial charge in [-0.25, -0.2) is 0 Å². The average Bonchev–Trinajstić information content (AvgIpc) is 2.79. The number of hydrogen-bond donors (Lipinski definition) is 1. The first-order valence-corrected chi connectivity index (χ1v) is 6.25. The molecule has 0 radical (unpaired) electrons. The van der Waals surface area contributed by atoms with Crippen molar-refractivity contribution in [3.8, 4) is 0 Å². The molecule has 1 aliphatic rings. The van der Waals surface area contributed by atoms with E-state index in [2.05, 4.69) is 5.32 Å². The Morgan fingerprint density at radius 1 is 1.59 bits per heavy atom. The number of ether oxygens (including phenoxy) is 1. The molecule has 0 aromatic carbocycles. The van der Waals surface area contributed by atoms with Crippen molar-refractivity contribution in [2.45, 2.75) is 32.4 Å². The molecule has 0 bridgehead atoms. The van der Waals surface area contributed by atoms with E-state index < -0.39 is 0 Å². The maximum absolute atomic E-state index is 11.6. The van der Waals surface area contributed by atoms with E-state index in [9.17, 15) is 4.79 Å². The molecule has 1 atom stereocenters. The van der Waals surface area contributed by atoms with E-state index in [0.717, 1.165) is 31.7 Å². The third-order valence-corrected chi connectivity index (χ3v) is 3.08. The molecule has 1 N–H and O–H groups in total. The van der Waals surface area contributed by atoms with Gasteiger partial charge >= 0.3 is 0 Å². The molecule has 1 fully saturated rings. The Labute approximate surface area is 102 Å². The molecule has 1 aliphatic heterocycles. The molecule has 94 valence electrons. The summed E-state index contributed by atoms with van der Waals surface area (Å²) >= 11 is 0. The standard InChI is InChI=1S/C13H20N2O2/c1-11-4-6-15(13(16)9-11)7-5-14-10-12-3-2-8-17-12/h4,6,9,12,14H,2-3,5,7-8,10H2,1H3. The molecule has 0 aliphatic carbocycles. The minimum Gasteiger partial charge on any atom is -0.377 e. The van der Waals surface area contributed by atoms with E-state index in [1.807, 2.05) is 19.2 Å². The van der Waals surface area contributed by atoms with E-state index in [1.165, 1.54) is 6.42 Å². The van der Waals surface area contributed by atoms with Crippen LogP contribution in [0.25, 0.3) is 0 Å². The summed E-state index contributed by atoms with van der Waals surface area (Å²) in [5.74, 6) is 0. The molecule has 2 heterocycles. The van der Waals surface area contributed by atoms with Gasteiger partial charge in [-0.1, -0.05) is 0 Å². The van der Waals surface area contributed by atoms with Crippen LogP contribution >= 0.6 is 0 Å². The second-order valence-electron chi connectivity index (χ2n) is 4.57. The van der Waals surface area contributed by atoms with Crippen LogP contribution in [0.3, 0.4) is 0 Å². The van der Waals surface area contributed by atoms with Gasteiger partial charge in [-0.3, -0.25) is 4.79 Å². The number of rotatable bonds is 5. The zero-order chi connectivity index (χ0) is 12.1. The van der Waals surface area contributed by atoms with Crippen molar-refractivity contribution >= 4 is 0 Å². The van der Waals surface area contributed by atoms with Crippen LogP contribution in [0.1, 0.15) is 18.4 Å². The predicted molar refractivity (Wildman–Crippen MR) is 67.3 cm³/mol. The zero-order valence-corrected chi connectivity index (χ0v) is 10.3. The van der Waals surface area contributed by atoms with Crippen molar-refractivity contribution in [2.24, 2.45) is 0 Å². The topological polar surface area (TPSA) is 43.3 Å². The number of hydrogen-bond acceptors (Lipinski definition) is 3. The monoisotopic (exact) mass is 236 g/mol. The van der Waals surface area contributed by atoms with Crippen molar-refractivity contribution < 1.29 is 4.74 Å². The normalized spacial score (nSPS) is 19.7. The lowest BCUT2D eigenvalue weighted by Crippen LogP contribution is -2.31. The molecule has 2 rings (SSSR count). The third kappa shape index (κ3) is 3.68. The van der Waals surface area contributed by atoms with E-state index >= 15 is 0 Å². The first kappa shape index (κ1) is 12.3. The summed E-state index contributed by atoms with van der Waals surface area (Å²) in [5, 5.41) is 3.33. The molecule has 0 amide bonds. The molecular formula is C13H20N2O2. The van der Waals surface area contributed by atoms with Crippen LogP contribution in [0.15, 0.2) is 23.1 Å². The summed E-state index contributed by atoms with van der Waals surface area (Å²) < 4.78 is 7.25. The van der Waals surface area contributed by atoms with E-state index in [1.54, 1.807) is 10.6 Å². The minimum absolute atomic E-state index is 0.0731. The van der Waals surface area contributed by atoms with Gasteiger partial charge < -0.3 is 14.6 Å². The first-order chi connectivity index (χ1) is 8.25. The number of aromatic nitrogens is 1. The van der Waals surface area contributed by atoms with Crippen molar-refractivity contribution in [2.75, 3.05) is 19.7 Å². The molecular weight excluding hydrogens is 216 g/mol. The SMILES string of the molecule is Cc1ccn(CCNCC2CCCO2)c(=O)c1. The smallest absolute Gasteiger partial charge is 0.250 e. The number of nitrogens with one attached hydrogen (secondary N) is 1. The van der Waals surface area contributed by atoms with Crippen LogP contribution in [0.2, 0.25) is 0 Å². The van der Waals surface area contributed by atoms with Gasteiger partial charge in [-0.05, 0) is 31.4 Å². The van der Waals surface area contributed by atoms with Gasteiger partial charge in [-0.2, -0.15) is 0 Å². The third-order valence-electron chi connectivity index (χ3n) is 3.08. The van der Waals surface area contributed by atoms with E-state index in [-0.39, 0.29) is 5.56 Å². The predicted octanol–water partition coefficient (Wildman–Crippen LogP) is 0.925. The van der Waals surface area contributed by atoms with Gasteiger partial charge in [0.05, 0.1) is 6.10 Å². The Balaban J connectivity index is 1.72. The maximum atomic E-state index is 11.6. The fourth-order valence-corrected chi connectivity index (χ4v) is 2.06. The Hall–Kier alpha value is -1.13. The summed E-state index contributed by atoms with van der Waals surface area (Å²) in [4.78, 5) is 11.6. The van der Waals surface area contributed by atoms with Gasteiger partial charge in [0, 0.05) is 38.5 Å². The molecule has 1 aromatic heterocycles. The van der Waals surface area contributed by atoms with Crippen LogP contribution in [-0.2, 0) is 11.3 Å². The highest BCUT2D eigenvalue weighted by Gasteiger charge is 2.14. The van der Waals surface area contributed by atoms with Gasteiger partial charge in [0.2, 0.25) is 0 Å². The highest BCUT2D eigenvalue weighted by Crippen LogP contribution is 2.10. The summed E-state index contributed by atoms with van der Waals surface area (Å²) in [7, 11) is 0. The summed E-state index contributed by atoms with van der Waals surface area (Å²) in [6, 6.07) is 3.63. The molecule has 4 heteroatoms. The van der Waals surface area contributed by atoms with Gasteiger partial charge in [-0.15, -0.1) is 0 Å². The van der Waals surface area contributed by atoms with Crippen molar-refractivity contribution in [3.63, 3.8) is 0 Å². The maximum Gasteiger partial charge on any atom is 0.250 e. The average molecular weight is 236 g/mol. The number of pyridine rings is 1. The molecule has 1 aromatic rings. The van der Waals surface area contributed by atoms with E-state index in [4.69, 9.17) is 4.74 Å². The highest BCUT2D eigenvalue weighted by molar-refractivity contribution is 5.07. The largest absolute Gasteiger partial charge is 0.377 e. The molecule has 0 spiro atoms. The number of nitrogens with zero attached hydrogens (tertiary/aromatic N) is 1. The van der Waals surface area contributed by atoms with Gasteiger partial charge in [0.15, 0.2) is 0 Å². The van der Waals surface area contributed by atoms with Crippen molar-refractivity contribution in [3.05, 3.63) is 34.2 Å². The Bertz CT molecular complexity index is 408. The number of aryl methyl sites for hydroxylation is 1. The lowest BCUT2D eigenvalue weighted by molar-refractivity contribution is 0.110. The van der Waals surface area contributed by atoms with Crippen molar-refractivity contribution in [1.29, 1.82) is 0 Å². The Morgan fingerprint density at radius 2 is 2.47 bits per heavy atom. The summed E-state index contributed by atoms with van der Waals surface area (Å²) in [6.45, 7) is 5.24. The lowest BCUT2D eigenvalue weighted by Gasteiger charge is -2.11. The van der Waals surface area contributed by atoms with Gasteiger partial charge in [0.25, 0.3) is 5.56 Å². The fourth-order valence-electron chi connectivity index (χ4n) is 2.06.